The summed E-state index contributed by atoms with van der Waals surface area (Å²) in [6.45, 7) is 9.59. The lowest BCUT2D eigenvalue weighted by atomic mass is 9.92. The topological polar surface area (TPSA) is 84.0 Å². The van der Waals surface area contributed by atoms with Crippen LogP contribution >= 0.6 is 11.3 Å². The van der Waals surface area contributed by atoms with Gasteiger partial charge in [-0.1, -0.05) is 55.9 Å². The summed E-state index contributed by atoms with van der Waals surface area (Å²) in [5, 5.41) is 14.7. The standard InChI is InChI=1S/C18H24N4O2S/c1-11-7-6-8-13(9-11)16-21-22-17(25-16)20-15(24)12(2)19-14(23)10-18(3,4)5/h6-9,12H,10H2,1-5H3,(H,19,23)(H,20,22,24). The predicted molar refractivity (Wildman–Crippen MR) is 100 cm³/mol. The average Bonchev–Trinajstić information content (AvgIpc) is 2.93. The molecule has 0 aliphatic heterocycles. The number of hydrogen-bond donors (Lipinski definition) is 2. The zero-order valence-electron chi connectivity index (χ0n) is 15.2. The van der Waals surface area contributed by atoms with Crippen molar-refractivity contribution in [2.24, 2.45) is 5.41 Å². The van der Waals surface area contributed by atoms with Gasteiger partial charge in [0.1, 0.15) is 11.0 Å². The van der Waals surface area contributed by atoms with Gasteiger partial charge in [0.15, 0.2) is 0 Å². The summed E-state index contributed by atoms with van der Waals surface area (Å²) in [6, 6.07) is 7.29. The van der Waals surface area contributed by atoms with E-state index in [-0.39, 0.29) is 17.2 Å². The second-order valence-corrected chi connectivity index (χ2v) is 8.28. The summed E-state index contributed by atoms with van der Waals surface area (Å²) in [5.74, 6) is -0.456. The number of amides is 2. The van der Waals surface area contributed by atoms with Crippen molar-refractivity contribution in [3.63, 3.8) is 0 Å². The molecule has 1 unspecified atom stereocenters. The highest BCUT2D eigenvalue weighted by Gasteiger charge is 2.21. The van der Waals surface area contributed by atoms with Gasteiger partial charge in [-0.25, -0.2) is 0 Å². The number of nitrogens with one attached hydrogen (secondary N) is 2. The van der Waals surface area contributed by atoms with Crippen molar-refractivity contribution in [1.82, 2.24) is 15.5 Å². The summed E-state index contributed by atoms with van der Waals surface area (Å²) >= 11 is 1.30. The van der Waals surface area contributed by atoms with Crippen molar-refractivity contribution in [2.75, 3.05) is 5.32 Å². The molecule has 1 aromatic carbocycles. The van der Waals surface area contributed by atoms with Crippen LogP contribution in [-0.4, -0.2) is 28.1 Å². The molecule has 0 radical (unpaired) electrons. The van der Waals surface area contributed by atoms with E-state index < -0.39 is 6.04 Å². The van der Waals surface area contributed by atoms with Gasteiger partial charge in [-0.05, 0) is 25.3 Å². The molecule has 1 aromatic heterocycles. The Morgan fingerprint density at radius 3 is 2.60 bits per heavy atom. The highest BCUT2D eigenvalue weighted by atomic mass is 32.1. The Morgan fingerprint density at radius 2 is 1.96 bits per heavy atom. The first-order valence-corrected chi connectivity index (χ1v) is 8.96. The highest BCUT2D eigenvalue weighted by Crippen LogP contribution is 2.26. The molecule has 7 heteroatoms. The Kier molecular flexibility index (Phi) is 5.89. The second-order valence-electron chi connectivity index (χ2n) is 7.30. The molecule has 6 nitrogen and oxygen atoms in total. The van der Waals surface area contributed by atoms with Gasteiger partial charge < -0.3 is 5.32 Å². The number of carbonyl (C=O) groups is 2. The lowest BCUT2D eigenvalue weighted by Gasteiger charge is -2.19. The number of benzene rings is 1. The zero-order valence-corrected chi connectivity index (χ0v) is 16.0. The first-order valence-electron chi connectivity index (χ1n) is 8.15. The van der Waals surface area contributed by atoms with Gasteiger partial charge in [-0.3, -0.25) is 14.9 Å². The fourth-order valence-corrected chi connectivity index (χ4v) is 2.96. The Morgan fingerprint density at radius 1 is 1.24 bits per heavy atom. The lowest BCUT2D eigenvalue weighted by Crippen LogP contribution is -2.42. The van der Waals surface area contributed by atoms with Gasteiger partial charge >= 0.3 is 0 Å². The maximum Gasteiger partial charge on any atom is 0.248 e. The smallest absolute Gasteiger partial charge is 0.248 e. The molecule has 0 spiro atoms. The minimum absolute atomic E-state index is 0.123. The van der Waals surface area contributed by atoms with Crippen molar-refractivity contribution >= 4 is 28.3 Å². The van der Waals surface area contributed by atoms with E-state index in [1.165, 1.54) is 11.3 Å². The van der Waals surface area contributed by atoms with Gasteiger partial charge in [-0.15, -0.1) is 10.2 Å². The van der Waals surface area contributed by atoms with Crippen LogP contribution in [0, 0.1) is 12.3 Å². The van der Waals surface area contributed by atoms with Gasteiger partial charge in [0.25, 0.3) is 0 Å². The van der Waals surface area contributed by atoms with E-state index in [4.69, 9.17) is 0 Å². The summed E-state index contributed by atoms with van der Waals surface area (Å²) in [6.07, 6.45) is 0.362. The number of hydrogen-bond acceptors (Lipinski definition) is 5. The van der Waals surface area contributed by atoms with Crippen LogP contribution in [-0.2, 0) is 9.59 Å². The molecule has 0 saturated heterocycles. The third-order valence-electron chi connectivity index (χ3n) is 3.38. The molecular formula is C18H24N4O2S. The van der Waals surface area contributed by atoms with Crippen LogP contribution in [0.15, 0.2) is 24.3 Å². The van der Waals surface area contributed by atoms with Gasteiger partial charge in [0.2, 0.25) is 16.9 Å². The largest absolute Gasteiger partial charge is 0.345 e. The van der Waals surface area contributed by atoms with E-state index in [9.17, 15) is 9.59 Å². The van der Waals surface area contributed by atoms with E-state index in [0.717, 1.165) is 16.1 Å². The van der Waals surface area contributed by atoms with Crippen LogP contribution in [0.25, 0.3) is 10.6 Å². The molecule has 25 heavy (non-hydrogen) atoms. The predicted octanol–water partition coefficient (Wildman–Crippen LogP) is 3.39. The fourth-order valence-electron chi connectivity index (χ4n) is 2.22. The quantitative estimate of drug-likeness (QED) is 0.856. The molecule has 2 rings (SSSR count). The Hall–Kier alpha value is -2.28. The zero-order chi connectivity index (χ0) is 18.6. The number of anilines is 1. The molecular weight excluding hydrogens is 336 g/mol. The third-order valence-corrected chi connectivity index (χ3v) is 4.27. The normalized spacial score (nSPS) is 12.5. The SMILES string of the molecule is Cc1cccc(-c2nnc(NC(=O)C(C)NC(=O)CC(C)(C)C)s2)c1. The number of carbonyl (C=O) groups excluding carboxylic acids is 2. The molecule has 2 aromatic rings. The van der Waals surface area contributed by atoms with Gasteiger partial charge in [0.05, 0.1) is 0 Å². The van der Waals surface area contributed by atoms with E-state index in [1.54, 1.807) is 6.92 Å². The van der Waals surface area contributed by atoms with E-state index in [2.05, 4.69) is 20.8 Å². The van der Waals surface area contributed by atoms with Crippen LogP contribution in [0.4, 0.5) is 5.13 Å². The third kappa shape index (κ3) is 5.94. The van der Waals surface area contributed by atoms with Crippen molar-refractivity contribution in [3.05, 3.63) is 29.8 Å². The molecule has 0 bridgehead atoms. The summed E-state index contributed by atoms with van der Waals surface area (Å²) in [4.78, 5) is 24.2. The number of aryl methyl sites for hydroxylation is 1. The van der Waals surface area contributed by atoms with Gasteiger partial charge in [0, 0.05) is 12.0 Å². The maximum atomic E-state index is 12.2. The highest BCUT2D eigenvalue weighted by molar-refractivity contribution is 7.18. The summed E-state index contributed by atoms with van der Waals surface area (Å²) in [5.41, 5.74) is 1.97. The fraction of sp³-hybridized carbons (Fsp3) is 0.444. The van der Waals surface area contributed by atoms with Crippen molar-refractivity contribution in [3.8, 4) is 10.6 Å². The number of rotatable bonds is 5. The summed E-state index contributed by atoms with van der Waals surface area (Å²) in [7, 11) is 0. The Balaban J connectivity index is 1.96. The van der Waals surface area contributed by atoms with Crippen molar-refractivity contribution < 1.29 is 9.59 Å². The van der Waals surface area contributed by atoms with Crippen LogP contribution in [0.1, 0.15) is 39.7 Å². The van der Waals surface area contributed by atoms with Crippen LogP contribution < -0.4 is 10.6 Å². The second kappa shape index (κ2) is 7.74. The van der Waals surface area contributed by atoms with Crippen LogP contribution in [0.2, 0.25) is 0 Å². The average molecular weight is 360 g/mol. The minimum Gasteiger partial charge on any atom is -0.345 e. The first kappa shape index (κ1) is 19.1. The molecule has 0 aliphatic carbocycles. The molecule has 0 fully saturated rings. The number of nitrogens with zero attached hydrogens (tertiary/aromatic N) is 2. The molecule has 1 atom stereocenters. The van der Waals surface area contributed by atoms with Crippen LogP contribution in [0.3, 0.4) is 0 Å². The van der Waals surface area contributed by atoms with Crippen molar-refractivity contribution in [1.29, 1.82) is 0 Å². The molecule has 134 valence electrons. The summed E-state index contributed by atoms with van der Waals surface area (Å²) < 4.78 is 0. The van der Waals surface area contributed by atoms with E-state index in [0.29, 0.717) is 11.6 Å². The monoisotopic (exact) mass is 360 g/mol. The molecule has 1 heterocycles. The van der Waals surface area contributed by atoms with E-state index in [1.807, 2.05) is 52.0 Å². The number of aromatic nitrogens is 2. The van der Waals surface area contributed by atoms with Gasteiger partial charge in [-0.2, -0.15) is 0 Å². The molecule has 2 amide bonds. The Bertz CT molecular complexity index is 764. The Labute approximate surface area is 152 Å². The first-order chi connectivity index (χ1) is 11.6. The van der Waals surface area contributed by atoms with Crippen molar-refractivity contribution in [2.45, 2.75) is 47.1 Å². The molecule has 0 aliphatic rings. The van der Waals surface area contributed by atoms with E-state index >= 15 is 0 Å². The molecule has 0 saturated carbocycles. The lowest BCUT2D eigenvalue weighted by molar-refractivity contribution is -0.127. The molecule has 2 N–H and O–H groups in total. The van der Waals surface area contributed by atoms with Crippen LogP contribution in [0.5, 0.6) is 0 Å². The minimum atomic E-state index is -0.638. The maximum absolute atomic E-state index is 12.2.